The number of imidazole rings is 1. The van der Waals surface area contributed by atoms with Crippen LogP contribution in [-0.4, -0.2) is 344 Å². The summed E-state index contributed by atoms with van der Waals surface area (Å²) >= 11 is 0. The van der Waals surface area contributed by atoms with Crippen LogP contribution in [0.2, 0.25) is 0 Å². The molecule has 0 aliphatic rings. The normalized spacial score (nSPS) is 12.0. The standard InChI is InChI=1S/C84H131N7O25/c1-4-92-72-79-88-80-81(77-22-14-15-23-78(77)87-82(80)89-84(74-16-8-5-9-17-74,75-18-10-6-11-19-75)76-20-12-7-13-21-76)91(79)73-83(2,3)116-71-70-115-69-68-114-67-66-113-65-64-112-63-62-111-61-60-110-59-58-109-57-56-108-55-54-107-53-52-106-51-50-105-49-48-104-47-46-103-45-44-102-43-42-101-41-40-100-39-38-99-37-36-98-35-34-97-33-32-96-31-30-95-29-28-94-27-26-93-25-24-86-90-85/h5-23H,4,24-73H2,1-3H3,(H,87,89). The molecule has 0 unspecified atom stereocenters. The molecule has 0 bridgehead atoms. The number of benzene rings is 4. The summed E-state index contributed by atoms with van der Waals surface area (Å²) in [5.74, 6) is 1.45. The molecule has 0 amide bonds. The maximum Gasteiger partial charge on any atom is 0.156 e. The van der Waals surface area contributed by atoms with Crippen LogP contribution in [0.4, 0.5) is 5.82 Å². The van der Waals surface area contributed by atoms with E-state index in [4.69, 9.17) is 134 Å². The van der Waals surface area contributed by atoms with Crippen molar-refractivity contribution in [2.45, 2.75) is 45.1 Å². The van der Waals surface area contributed by atoms with Crippen molar-refractivity contribution in [1.82, 2.24) is 14.5 Å². The molecule has 652 valence electrons. The predicted molar refractivity (Wildman–Crippen MR) is 436 cm³/mol. The predicted octanol–water partition coefficient (Wildman–Crippen LogP) is 9.01. The summed E-state index contributed by atoms with van der Waals surface area (Å²) in [7, 11) is 0. The average Bonchev–Trinajstić information content (AvgIpc) is 1.43. The average molecular weight is 1640 g/mol. The lowest BCUT2D eigenvalue weighted by Gasteiger charge is -2.37. The van der Waals surface area contributed by atoms with Crippen LogP contribution < -0.4 is 5.32 Å². The van der Waals surface area contributed by atoms with Crippen molar-refractivity contribution in [3.8, 4) is 0 Å². The number of nitrogens with zero attached hydrogens (tertiary/aromatic N) is 6. The van der Waals surface area contributed by atoms with E-state index in [-0.39, 0.29) is 0 Å². The Labute approximate surface area is 685 Å². The number of azide groups is 1. The quantitative estimate of drug-likeness (QED) is 0.0122. The number of hydrogen-bond acceptors (Lipinski definition) is 29. The van der Waals surface area contributed by atoms with E-state index in [0.29, 0.717) is 343 Å². The molecule has 116 heavy (non-hydrogen) atoms. The number of para-hydroxylation sites is 1. The summed E-state index contributed by atoms with van der Waals surface area (Å²) in [5.41, 5.74) is 12.5. The first kappa shape index (κ1) is 98.7. The minimum atomic E-state index is -0.820. The van der Waals surface area contributed by atoms with Crippen LogP contribution in [0.25, 0.3) is 32.4 Å². The van der Waals surface area contributed by atoms with Crippen molar-refractivity contribution < 1.29 is 118 Å². The molecule has 6 rings (SSSR count). The summed E-state index contributed by atoms with van der Waals surface area (Å²) < 4.78 is 143. The number of rotatable bonds is 83. The summed E-state index contributed by atoms with van der Waals surface area (Å²) in [5, 5.41) is 8.40. The SMILES string of the molecule is CCOCc1nc2c(NC(c3ccccc3)(c3ccccc3)c3ccccc3)nc3ccccc3c2n1CC(C)(C)OCCOCCOCCOCCOCCOCCOCCOCCOCCOCCOCCOCCOCCOCCOCCOCCOCCOCCOCCOCCOCCOCCOCCOCCN=[N+]=[N-]. The largest absolute Gasteiger partial charge is 0.379 e. The van der Waals surface area contributed by atoms with Gasteiger partial charge in [0.15, 0.2) is 5.82 Å². The van der Waals surface area contributed by atoms with Crippen molar-refractivity contribution in [1.29, 1.82) is 0 Å². The molecule has 0 spiro atoms. The van der Waals surface area contributed by atoms with Gasteiger partial charge in [-0.05, 0) is 49.1 Å². The van der Waals surface area contributed by atoms with E-state index in [2.05, 4.69) is 119 Å². The number of anilines is 1. The number of hydrogen-bond donors (Lipinski definition) is 1. The van der Waals surface area contributed by atoms with Gasteiger partial charge >= 0.3 is 0 Å². The highest BCUT2D eigenvalue weighted by molar-refractivity contribution is 6.07. The van der Waals surface area contributed by atoms with Gasteiger partial charge in [-0.2, -0.15) is 0 Å². The highest BCUT2D eigenvalue weighted by atomic mass is 16.6. The van der Waals surface area contributed by atoms with E-state index in [0.717, 1.165) is 44.5 Å². The van der Waals surface area contributed by atoms with Gasteiger partial charge in [0.1, 0.15) is 23.5 Å². The van der Waals surface area contributed by atoms with Gasteiger partial charge in [0.05, 0.1) is 334 Å². The van der Waals surface area contributed by atoms with Crippen molar-refractivity contribution in [2.24, 2.45) is 5.11 Å². The maximum atomic E-state index is 8.19. The molecule has 0 aliphatic carbocycles. The molecule has 0 radical (unpaired) electrons. The molecule has 0 saturated heterocycles. The van der Waals surface area contributed by atoms with E-state index in [1.54, 1.807) is 0 Å². The lowest BCUT2D eigenvalue weighted by Crippen LogP contribution is -2.38. The second-order valence-corrected chi connectivity index (χ2v) is 26.0. The topological polar surface area (TPSA) is 322 Å². The Morgan fingerprint density at radius 1 is 0.328 bits per heavy atom. The maximum absolute atomic E-state index is 8.19. The zero-order valence-electron chi connectivity index (χ0n) is 68.9. The first-order chi connectivity index (χ1) is 57.5. The first-order valence-electron chi connectivity index (χ1n) is 40.7. The molecule has 0 saturated carbocycles. The molecular formula is C84H131N7O25. The fourth-order valence-corrected chi connectivity index (χ4v) is 11.3. The van der Waals surface area contributed by atoms with Gasteiger partial charge in [0, 0.05) is 23.4 Å². The highest BCUT2D eigenvalue weighted by Crippen LogP contribution is 2.42. The van der Waals surface area contributed by atoms with Gasteiger partial charge in [-0.15, -0.1) is 0 Å². The zero-order chi connectivity index (χ0) is 81.5. The number of fused-ring (bicyclic) bond motifs is 3. The number of ether oxygens (including phenoxy) is 25. The first-order valence-corrected chi connectivity index (χ1v) is 40.7. The van der Waals surface area contributed by atoms with E-state index >= 15 is 0 Å². The molecular weight excluding hydrogens is 1510 g/mol. The van der Waals surface area contributed by atoms with Crippen molar-refractivity contribution in [3.63, 3.8) is 0 Å². The number of pyridine rings is 1. The van der Waals surface area contributed by atoms with Crippen LogP contribution in [-0.2, 0) is 137 Å². The molecule has 32 nitrogen and oxygen atoms in total. The molecule has 32 heteroatoms. The molecule has 1 N–H and O–H groups in total. The smallest absolute Gasteiger partial charge is 0.156 e. The monoisotopic (exact) mass is 1640 g/mol. The lowest BCUT2D eigenvalue weighted by molar-refractivity contribution is -0.0621. The highest BCUT2D eigenvalue weighted by Gasteiger charge is 2.38. The van der Waals surface area contributed by atoms with Crippen LogP contribution in [0.5, 0.6) is 0 Å². The van der Waals surface area contributed by atoms with Gasteiger partial charge < -0.3 is 128 Å². The minimum Gasteiger partial charge on any atom is -0.379 e. The molecule has 0 aliphatic heterocycles. The summed E-state index contributed by atoms with van der Waals surface area (Å²) in [4.78, 5) is 13.3. The van der Waals surface area contributed by atoms with E-state index in [1.807, 2.05) is 37.3 Å². The zero-order valence-corrected chi connectivity index (χ0v) is 68.9. The summed E-state index contributed by atoms with van der Waals surface area (Å²) in [6.07, 6.45) is 0. The third-order valence-electron chi connectivity index (χ3n) is 16.9. The Hall–Kier alpha value is -6.13. The van der Waals surface area contributed by atoms with Gasteiger partial charge in [0.25, 0.3) is 0 Å². The van der Waals surface area contributed by atoms with Crippen LogP contribution in [0.1, 0.15) is 43.3 Å². The second kappa shape index (κ2) is 68.6. The van der Waals surface area contributed by atoms with Gasteiger partial charge in [-0.3, -0.25) is 0 Å². The minimum absolute atomic E-state index is 0.318. The molecule has 2 aromatic heterocycles. The Kier molecular flexibility index (Phi) is 58.4. The third kappa shape index (κ3) is 45.3. The number of nitrogens with one attached hydrogen (secondary N) is 1. The van der Waals surface area contributed by atoms with E-state index < -0.39 is 11.1 Å². The molecule has 6 aromatic rings. The Balaban J connectivity index is 0.610. The van der Waals surface area contributed by atoms with Crippen molar-refractivity contribution in [3.05, 3.63) is 148 Å². The molecule has 2 heterocycles. The van der Waals surface area contributed by atoms with Gasteiger partial charge in [0.2, 0.25) is 0 Å². The molecule has 0 fully saturated rings. The van der Waals surface area contributed by atoms with Crippen molar-refractivity contribution >= 4 is 27.8 Å². The van der Waals surface area contributed by atoms with Gasteiger partial charge in [-0.1, -0.05) is 114 Å². The lowest BCUT2D eigenvalue weighted by atomic mass is 9.77. The summed E-state index contributed by atoms with van der Waals surface area (Å²) in [6.45, 7) is 29.8. The summed E-state index contributed by atoms with van der Waals surface area (Å²) in [6, 6.07) is 39.8. The number of aromatic nitrogens is 3. The Bertz CT molecular complexity index is 3210. The van der Waals surface area contributed by atoms with Crippen LogP contribution in [0, 0.1) is 0 Å². The van der Waals surface area contributed by atoms with E-state index in [1.165, 1.54) is 0 Å². The van der Waals surface area contributed by atoms with Gasteiger partial charge in [-0.25, -0.2) is 9.97 Å². The third-order valence-corrected chi connectivity index (χ3v) is 16.9. The second-order valence-electron chi connectivity index (χ2n) is 26.0. The fourth-order valence-electron chi connectivity index (χ4n) is 11.3. The molecule has 4 aromatic carbocycles. The van der Waals surface area contributed by atoms with Crippen LogP contribution in [0.15, 0.2) is 120 Å². The van der Waals surface area contributed by atoms with Crippen LogP contribution in [0.3, 0.4) is 0 Å². The fraction of sp³-hybridized carbons (Fsp3) is 0.667. The molecule has 0 atom stereocenters. The Morgan fingerprint density at radius 3 is 0.862 bits per heavy atom. The van der Waals surface area contributed by atoms with E-state index in [9.17, 15) is 0 Å². The Morgan fingerprint density at radius 2 is 0.586 bits per heavy atom. The van der Waals surface area contributed by atoms with Crippen LogP contribution >= 0.6 is 0 Å². The van der Waals surface area contributed by atoms with Crippen molar-refractivity contribution in [2.75, 3.05) is 329 Å².